The second kappa shape index (κ2) is 5.34. The molecule has 0 saturated carbocycles. The number of aromatic nitrogens is 2. The predicted molar refractivity (Wildman–Crippen MR) is 66.7 cm³/mol. The monoisotopic (exact) mass is 238 g/mol. The van der Waals surface area contributed by atoms with Crippen LogP contribution in [-0.4, -0.2) is 22.4 Å². The molecule has 0 bridgehead atoms. The first-order valence-electron chi connectivity index (χ1n) is 6.05. The van der Waals surface area contributed by atoms with Crippen LogP contribution in [0.3, 0.4) is 0 Å². The van der Waals surface area contributed by atoms with Crippen LogP contribution in [-0.2, 0) is 16.1 Å². The Morgan fingerprint density at radius 3 is 2.59 bits per heavy atom. The highest BCUT2D eigenvalue weighted by atomic mass is 16.5. The molecule has 0 unspecified atom stereocenters. The lowest BCUT2D eigenvalue weighted by atomic mass is 9.91. The van der Waals surface area contributed by atoms with Crippen molar-refractivity contribution in [1.82, 2.24) is 9.78 Å². The first-order chi connectivity index (χ1) is 7.86. The van der Waals surface area contributed by atoms with Gasteiger partial charge >= 0.3 is 5.97 Å². The Bertz CT molecular complexity index is 394. The number of aryl methyl sites for hydroxylation is 2. The minimum Gasteiger partial charge on any atom is -0.463 e. The molecule has 0 N–H and O–H groups in total. The van der Waals surface area contributed by atoms with Gasteiger partial charge in [-0.1, -0.05) is 6.92 Å². The summed E-state index contributed by atoms with van der Waals surface area (Å²) in [6, 6.07) is 2.01. The van der Waals surface area contributed by atoms with Gasteiger partial charge in [0.1, 0.15) is 6.61 Å². The number of ether oxygens (including phenoxy) is 1. The molecule has 0 aliphatic carbocycles. The van der Waals surface area contributed by atoms with Crippen molar-refractivity contribution in [2.75, 3.05) is 6.61 Å². The third-order valence-electron chi connectivity index (χ3n) is 3.08. The lowest BCUT2D eigenvalue weighted by Gasteiger charge is -2.20. The predicted octanol–water partition coefficient (Wildman–Crippen LogP) is 2.48. The summed E-state index contributed by atoms with van der Waals surface area (Å²) in [6.07, 6.45) is 0.783. The van der Waals surface area contributed by atoms with E-state index in [-0.39, 0.29) is 5.97 Å². The third kappa shape index (κ3) is 3.58. The Morgan fingerprint density at radius 2 is 2.12 bits per heavy atom. The van der Waals surface area contributed by atoms with Crippen LogP contribution in [0.5, 0.6) is 0 Å². The van der Waals surface area contributed by atoms with Crippen molar-refractivity contribution in [1.29, 1.82) is 0 Å². The molecule has 4 heteroatoms. The third-order valence-corrected chi connectivity index (χ3v) is 3.08. The summed E-state index contributed by atoms with van der Waals surface area (Å²) in [5, 5.41) is 4.31. The first kappa shape index (κ1) is 13.7. The molecule has 0 amide bonds. The molecule has 1 heterocycles. The summed E-state index contributed by atoms with van der Waals surface area (Å²) in [6.45, 7) is 10.7. The maximum atomic E-state index is 11.7. The summed E-state index contributed by atoms with van der Waals surface area (Å²) < 4.78 is 7.13. The number of hydrogen-bond donors (Lipinski definition) is 0. The van der Waals surface area contributed by atoms with Crippen LogP contribution in [0, 0.1) is 19.3 Å². The molecule has 0 aromatic carbocycles. The van der Waals surface area contributed by atoms with Crippen molar-refractivity contribution in [3.8, 4) is 0 Å². The molecule has 0 spiro atoms. The minimum atomic E-state index is -0.394. The van der Waals surface area contributed by atoms with Gasteiger partial charge in [0.2, 0.25) is 0 Å². The Hall–Kier alpha value is -1.32. The summed E-state index contributed by atoms with van der Waals surface area (Å²) in [4.78, 5) is 11.7. The highest BCUT2D eigenvalue weighted by molar-refractivity contribution is 5.75. The van der Waals surface area contributed by atoms with Crippen LogP contribution < -0.4 is 0 Å². The zero-order chi connectivity index (χ0) is 13.1. The summed E-state index contributed by atoms with van der Waals surface area (Å²) >= 11 is 0. The molecule has 96 valence electrons. The van der Waals surface area contributed by atoms with E-state index in [0.717, 1.165) is 17.8 Å². The van der Waals surface area contributed by atoms with Crippen molar-refractivity contribution >= 4 is 5.97 Å². The van der Waals surface area contributed by atoms with Gasteiger partial charge in [-0.05, 0) is 40.2 Å². The highest BCUT2D eigenvalue weighted by Crippen LogP contribution is 2.21. The molecular weight excluding hydrogens is 216 g/mol. The number of carbonyl (C=O) groups excluding carboxylic acids is 1. The van der Waals surface area contributed by atoms with Gasteiger partial charge < -0.3 is 4.74 Å². The molecule has 0 saturated heterocycles. The molecule has 1 aromatic heterocycles. The molecule has 0 atom stereocenters. The normalized spacial score (nSPS) is 11.6. The number of nitrogens with zero attached hydrogens (tertiary/aromatic N) is 2. The van der Waals surface area contributed by atoms with Gasteiger partial charge in [0, 0.05) is 5.69 Å². The van der Waals surface area contributed by atoms with Gasteiger partial charge in [-0.2, -0.15) is 5.10 Å². The Kier molecular flexibility index (Phi) is 4.32. The molecule has 0 aliphatic rings. The van der Waals surface area contributed by atoms with E-state index in [1.807, 2.05) is 45.4 Å². The van der Waals surface area contributed by atoms with E-state index in [2.05, 4.69) is 5.10 Å². The largest absolute Gasteiger partial charge is 0.463 e. The fourth-order valence-corrected chi connectivity index (χ4v) is 1.47. The van der Waals surface area contributed by atoms with E-state index >= 15 is 0 Å². The quantitative estimate of drug-likeness (QED) is 0.740. The first-order valence-corrected chi connectivity index (χ1v) is 6.05. The Morgan fingerprint density at radius 1 is 1.47 bits per heavy atom. The van der Waals surface area contributed by atoms with Crippen molar-refractivity contribution < 1.29 is 9.53 Å². The van der Waals surface area contributed by atoms with Gasteiger partial charge in [0.25, 0.3) is 0 Å². The molecule has 0 radical (unpaired) electrons. The summed E-state index contributed by atoms with van der Waals surface area (Å²) in [5.74, 6) is -0.137. The van der Waals surface area contributed by atoms with E-state index in [1.165, 1.54) is 0 Å². The van der Waals surface area contributed by atoms with Gasteiger partial charge in [-0.25, -0.2) is 0 Å². The maximum absolute atomic E-state index is 11.7. The van der Waals surface area contributed by atoms with Crippen LogP contribution in [0.15, 0.2) is 6.07 Å². The van der Waals surface area contributed by atoms with Crippen LogP contribution in [0.25, 0.3) is 0 Å². The standard InChI is InChI=1S/C13H22N2O2/c1-6-13(4,5)12(16)17-8-7-15-11(3)9-10(2)14-15/h9H,6-8H2,1-5H3. The Labute approximate surface area is 103 Å². The molecule has 1 rings (SSSR count). The van der Waals surface area contributed by atoms with E-state index in [0.29, 0.717) is 13.2 Å². The minimum absolute atomic E-state index is 0.137. The van der Waals surface area contributed by atoms with E-state index in [4.69, 9.17) is 4.74 Å². The van der Waals surface area contributed by atoms with Crippen molar-refractivity contribution in [3.63, 3.8) is 0 Å². The molecule has 4 nitrogen and oxygen atoms in total. The highest BCUT2D eigenvalue weighted by Gasteiger charge is 2.26. The molecule has 0 fully saturated rings. The van der Waals surface area contributed by atoms with Gasteiger partial charge in [0.15, 0.2) is 0 Å². The van der Waals surface area contributed by atoms with E-state index in [9.17, 15) is 4.79 Å². The van der Waals surface area contributed by atoms with Crippen LogP contribution in [0.4, 0.5) is 0 Å². The van der Waals surface area contributed by atoms with Crippen molar-refractivity contribution in [2.45, 2.75) is 47.6 Å². The summed E-state index contributed by atoms with van der Waals surface area (Å²) in [7, 11) is 0. The van der Waals surface area contributed by atoms with E-state index in [1.54, 1.807) is 0 Å². The maximum Gasteiger partial charge on any atom is 0.311 e. The second-order valence-electron chi connectivity index (χ2n) is 5.02. The average Bonchev–Trinajstić information content (AvgIpc) is 2.57. The Balaban J connectivity index is 2.43. The zero-order valence-electron chi connectivity index (χ0n) is 11.4. The second-order valence-corrected chi connectivity index (χ2v) is 5.02. The fourth-order valence-electron chi connectivity index (χ4n) is 1.47. The van der Waals surface area contributed by atoms with Gasteiger partial charge in [-0.3, -0.25) is 9.48 Å². The number of rotatable bonds is 5. The smallest absolute Gasteiger partial charge is 0.311 e. The molecule has 1 aromatic rings. The van der Waals surface area contributed by atoms with E-state index < -0.39 is 5.41 Å². The number of carbonyl (C=O) groups is 1. The van der Waals surface area contributed by atoms with Crippen LogP contribution in [0.2, 0.25) is 0 Å². The fraction of sp³-hybridized carbons (Fsp3) is 0.692. The number of hydrogen-bond acceptors (Lipinski definition) is 3. The average molecular weight is 238 g/mol. The molecule has 0 aliphatic heterocycles. The van der Waals surface area contributed by atoms with Crippen LogP contribution >= 0.6 is 0 Å². The lowest BCUT2D eigenvalue weighted by molar-refractivity contribution is -0.154. The molecule has 17 heavy (non-hydrogen) atoms. The number of esters is 1. The van der Waals surface area contributed by atoms with Crippen molar-refractivity contribution in [2.24, 2.45) is 5.41 Å². The van der Waals surface area contributed by atoms with Gasteiger partial charge in [-0.15, -0.1) is 0 Å². The summed E-state index contributed by atoms with van der Waals surface area (Å²) in [5.41, 5.74) is 1.69. The SMILES string of the molecule is CCC(C)(C)C(=O)OCCn1nc(C)cc1C. The zero-order valence-corrected chi connectivity index (χ0v) is 11.4. The van der Waals surface area contributed by atoms with Gasteiger partial charge in [0.05, 0.1) is 17.7 Å². The van der Waals surface area contributed by atoms with Crippen molar-refractivity contribution in [3.05, 3.63) is 17.5 Å². The molecular formula is C13H22N2O2. The topological polar surface area (TPSA) is 44.1 Å². The van der Waals surface area contributed by atoms with Crippen LogP contribution in [0.1, 0.15) is 38.6 Å². The lowest BCUT2D eigenvalue weighted by Crippen LogP contribution is -2.27.